The zero-order chi connectivity index (χ0) is 21.3. The van der Waals surface area contributed by atoms with E-state index in [0.29, 0.717) is 25.3 Å². The molecule has 1 unspecified atom stereocenters. The monoisotopic (exact) mass is 415 g/mol. The second-order valence-electron chi connectivity index (χ2n) is 7.77. The van der Waals surface area contributed by atoms with Gasteiger partial charge in [0.1, 0.15) is 0 Å². The Kier molecular flexibility index (Phi) is 5.58. The molecular weight excluding hydrogens is 390 g/mol. The molecule has 3 heterocycles. The third kappa shape index (κ3) is 4.23. The van der Waals surface area contributed by atoms with E-state index in [4.69, 9.17) is 9.47 Å². The summed E-state index contributed by atoms with van der Waals surface area (Å²) in [4.78, 5) is 27.4. The van der Waals surface area contributed by atoms with Crippen molar-refractivity contribution in [3.8, 4) is 11.5 Å². The minimum absolute atomic E-state index is 0.0512. The number of hydrogen-bond donors (Lipinski definition) is 0. The zero-order valence-electron chi connectivity index (χ0n) is 17.1. The van der Waals surface area contributed by atoms with Gasteiger partial charge in [-0.25, -0.2) is 0 Å². The van der Waals surface area contributed by atoms with Crippen molar-refractivity contribution in [1.82, 2.24) is 19.6 Å². The summed E-state index contributed by atoms with van der Waals surface area (Å²) in [5.41, 5.74) is 1.83. The Morgan fingerprint density at radius 3 is 2.63 bits per heavy atom. The van der Waals surface area contributed by atoms with Gasteiger partial charge in [-0.2, -0.15) is 4.68 Å². The first-order chi connectivity index (χ1) is 14.4. The number of fused-ring (bicyclic) bond motifs is 1. The number of carbonyl (C=O) groups is 1. The highest BCUT2D eigenvalue weighted by Gasteiger charge is 2.27. The van der Waals surface area contributed by atoms with Gasteiger partial charge in [0.05, 0.1) is 29.3 Å². The van der Waals surface area contributed by atoms with Crippen LogP contribution in [0.2, 0.25) is 0 Å². The molecule has 4 rings (SSSR count). The molecule has 2 aliphatic heterocycles. The van der Waals surface area contributed by atoms with Gasteiger partial charge in [-0.05, 0) is 29.5 Å². The summed E-state index contributed by atoms with van der Waals surface area (Å²) in [6.45, 7) is 7.89. The lowest BCUT2D eigenvalue weighted by Gasteiger charge is -2.36. The lowest BCUT2D eigenvalue weighted by Crippen LogP contribution is -2.50. The molecule has 0 radical (unpaired) electrons. The van der Waals surface area contributed by atoms with Gasteiger partial charge in [0, 0.05) is 32.7 Å². The molecule has 1 atom stereocenters. The van der Waals surface area contributed by atoms with Crippen molar-refractivity contribution in [2.24, 2.45) is 5.92 Å². The van der Waals surface area contributed by atoms with Gasteiger partial charge < -0.3 is 24.5 Å². The number of aromatic nitrogens is 2. The SMILES string of the molecule is Cc1cc([N+](=O)[O-])nn1CC(C)C(=O)N1CCN(Cc2ccc3c(c2)OCO3)CC1. The fourth-order valence-electron chi connectivity index (χ4n) is 3.84. The van der Waals surface area contributed by atoms with E-state index >= 15 is 0 Å². The Labute approximate surface area is 174 Å². The molecule has 1 saturated heterocycles. The first kappa shape index (κ1) is 20.1. The second kappa shape index (κ2) is 8.31. The lowest BCUT2D eigenvalue weighted by molar-refractivity contribution is -0.389. The molecule has 1 amide bonds. The second-order valence-corrected chi connectivity index (χ2v) is 7.77. The number of nitrogens with zero attached hydrogens (tertiary/aromatic N) is 5. The van der Waals surface area contributed by atoms with Crippen LogP contribution in [0.4, 0.5) is 5.82 Å². The number of carbonyl (C=O) groups excluding carboxylic acids is 1. The maximum Gasteiger partial charge on any atom is 0.390 e. The number of nitro groups is 1. The van der Waals surface area contributed by atoms with E-state index in [2.05, 4.69) is 10.00 Å². The van der Waals surface area contributed by atoms with E-state index in [1.807, 2.05) is 30.0 Å². The number of ether oxygens (including phenoxy) is 2. The Balaban J connectivity index is 1.29. The number of aryl methyl sites for hydroxylation is 1. The molecule has 0 bridgehead atoms. The average molecular weight is 415 g/mol. The fourth-order valence-corrected chi connectivity index (χ4v) is 3.84. The van der Waals surface area contributed by atoms with Crippen molar-refractivity contribution in [3.63, 3.8) is 0 Å². The molecule has 0 aliphatic carbocycles. The van der Waals surface area contributed by atoms with Crippen molar-refractivity contribution in [1.29, 1.82) is 0 Å². The summed E-state index contributed by atoms with van der Waals surface area (Å²) in [5.74, 6) is 1.12. The summed E-state index contributed by atoms with van der Waals surface area (Å²) < 4.78 is 12.3. The summed E-state index contributed by atoms with van der Waals surface area (Å²) >= 11 is 0. The van der Waals surface area contributed by atoms with E-state index in [9.17, 15) is 14.9 Å². The van der Waals surface area contributed by atoms with E-state index in [-0.39, 0.29) is 24.4 Å². The number of benzene rings is 1. The number of hydrogen-bond acceptors (Lipinski definition) is 7. The van der Waals surface area contributed by atoms with Gasteiger partial charge in [0.2, 0.25) is 12.7 Å². The molecule has 0 spiro atoms. The van der Waals surface area contributed by atoms with Crippen LogP contribution < -0.4 is 9.47 Å². The van der Waals surface area contributed by atoms with Crippen LogP contribution in [0, 0.1) is 23.0 Å². The highest BCUT2D eigenvalue weighted by molar-refractivity contribution is 5.78. The molecule has 30 heavy (non-hydrogen) atoms. The standard InChI is InChI=1S/C20H25N5O5/c1-14(11-24-15(2)9-19(21-24)25(27)28)20(26)23-7-5-22(6-8-23)12-16-3-4-17-18(10-16)30-13-29-17/h3-4,9-10,14H,5-8,11-13H2,1-2H3. The Hall–Kier alpha value is -3.14. The van der Waals surface area contributed by atoms with Gasteiger partial charge in [-0.1, -0.05) is 13.0 Å². The number of piperazine rings is 1. The van der Waals surface area contributed by atoms with Crippen LogP contribution in [0.3, 0.4) is 0 Å². The minimum atomic E-state index is -0.518. The van der Waals surface area contributed by atoms with Crippen molar-refractivity contribution >= 4 is 11.7 Å². The van der Waals surface area contributed by atoms with E-state index in [1.54, 1.807) is 6.92 Å². The highest BCUT2D eigenvalue weighted by atomic mass is 16.7. The van der Waals surface area contributed by atoms with Crippen LogP contribution in [0.15, 0.2) is 24.3 Å². The number of amides is 1. The summed E-state index contributed by atoms with van der Waals surface area (Å²) in [6, 6.07) is 7.40. The zero-order valence-corrected chi connectivity index (χ0v) is 17.1. The Morgan fingerprint density at radius 1 is 1.20 bits per heavy atom. The van der Waals surface area contributed by atoms with Crippen molar-refractivity contribution in [2.45, 2.75) is 26.9 Å². The molecule has 0 saturated carbocycles. The molecule has 10 nitrogen and oxygen atoms in total. The van der Waals surface area contributed by atoms with Crippen LogP contribution in [0.1, 0.15) is 18.2 Å². The summed E-state index contributed by atoms with van der Waals surface area (Å²) in [5, 5.41) is 14.9. The molecule has 2 aliphatic rings. The smallest absolute Gasteiger partial charge is 0.390 e. The summed E-state index contributed by atoms with van der Waals surface area (Å²) in [6.07, 6.45) is 0. The van der Waals surface area contributed by atoms with E-state index < -0.39 is 4.92 Å². The third-order valence-corrected chi connectivity index (χ3v) is 5.55. The predicted octanol–water partition coefficient (Wildman–Crippen LogP) is 1.81. The lowest BCUT2D eigenvalue weighted by atomic mass is 10.1. The van der Waals surface area contributed by atoms with Gasteiger partial charge in [0.15, 0.2) is 11.5 Å². The maximum atomic E-state index is 12.8. The molecule has 1 fully saturated rings. The predicted molar refractivity (Wildman–Crippen MR) is 107 cm³/mol. The summed E-state index contributed by atoms with van der Waals surface area (Å²) in [7, 11) is 0. The molecule has 1 aromatic heterocycles. The van der Waals surface area contributed by atoms with Crippen LogP contribution in [-0.2, 0) is 17.9 Å². The maximum absolute atomic E-state index is 12.8. The van der Waals surface area contributed by atoms with E-state index in [0.717, 1.165) is 36.7 Å². The first-order valence-corrected chi connectivity index (χ1v) is 9.99. The highest BCUT2D eigenvalue weighted by Crippen LogP contribution is 2.32. The van der Waals surface area contributed by atoms with Crippen LogP contribution >= 0.6 is 0 Å². The van der Waals surface area contributed by atoms with Gasteiger partial charge in [-0.3, -0.25) is 9.69 Å². The molecule has 10 heteroatoms. The van der Waals surface area contributed by atoms with Crippen molar-refractivity contribution < 1.29 is 19.2 Å². The van der Waals surface area contributed by atoms with E-state index in [1.165, 1.54) is 10.7 Å². The Bertz CT molecular complexity index is 951. The van der Waals surface area contributed by atoms with Gasteiger partial charge in [-0.15, -0.1) is 0 Å². The minimum Gasteiger partial charge on any atom is -0.454 e. The number of rotatable bonds is 6. The molecule has 160 valence electrons. The first-order valence-electron chi connectivity index (χ1n) is 9.99. The van der Waals surface area contributed by atoms with Crippen molar-refractivity contribution in [3.05, 3.63) is 45.6 Å². The Morgan fingerprint density at radius 2 is 1.93 bits per heavy atom. The topological polar surface area (TPSA) is 103 Å². The largest absolute Gasteiger partial charge is 0.454 e. The normalized spacial score (nSPS) is 17.2. The van der Waals surface area contributed by atoms with Gasteiger partial charge >= 0.3 is 5.82 Å². The van der Waals surface area contributed by atoms with Crippen LogP contribution in [-0.4, -0.2) is 63.4 Å². The molecular formula is C20H25N5O5. The third-order valence-electron chi connectivity index (χ3n) is 5.55. The van der Waals surface area contributed by atoms with Gasteiger partial charge in [0.25, 0.3) is 0 Å². The quantitative estimate of drug-likeness (QED) is 0.524. The molecule has 1 aromatic carbocycles. The van der Waals surface area contributed by atoms with Crippen LogP contribution in [0.5, 0.6) is 11.5 Å². The van der Waals surface area contributed by atoms with Crippen LogP contribution in [0.25, 0.3) is 0 Å². The average Bonchev–Trinajstić information content (AvgIpc) is 3.34. The molecule has 2 aromatic rings. The fraction of sp³-hybridized carbons (Fsp3) is 0.500. The van der Waals surface area contributed by atoms with Crippen molar-refractivity contribution in [2.75, 3.05) is 33.0 Å². The molecule has 0 N–H and O–H groups in total.